The van der Waals surface area contributed by atoms with E-state index in [1.54, 1.807) is 6.20 Å². The van der Waals surface area contributed by atoms with Crippen LogP contribution in [0.25, 0.3) is 5.69 Å². The van der Waals surface area contributed by atoms with Crippen LogP contribution in [0.4, 0.5) is 0 Å². The second-order valence-corrected chi connectivity index (χ2v) is 4.80. The summed E-state index contributed by atoms with van der Waals surface area (Å²) in [5.41, 5.74) is 2.60. The topological polar surface area (TPSA) is 17.8 Å². The fourth-order valence-electron chi connectivity index (χ4n) is 1.81. The number of nitrogens with zero attached hydrogens (tertiary/aromatic N) is 2. The van der Waals surface area contributed by atoms with E-state index in [0.29, 0.717) is 0 Å². The lowest BCUT2D eigenvalue weighted by Crippen LogP contribution is -1.91. The third-order valence-electron chi connectivity index (χ3n) is 2.80. The number of aromatic nitrogens is 2. The molecule has 0 spiro atoms. The minimum atomic E-state index is 0.788. The first kappa shape index (κ1) is 9.16. The molecule has 0 N–H and O–H groups in total. The van der Waals surface area contributed by atoms with Crippen LogP contribution >= 0.6 is 15.9 Å². The lowest BCUT2D eigenvalue weighted by atomic mass is 10.1. The number of halogens is 1. The normalized spacial score (nSPS) is 15.5. The Morgan fingerprint density at radius 2 is 2.20 bits per heavy atom. The minimum absolute atomic E-state index is 0.788. The van der Waals surface area contributed by atoms with Gasteiger partial charge in [-0.05, 0) is 36.5 Å². The van der Waals surface area contributed by atoms with Gasteiger partial charge in [0.15, 0.2) is 0 Å². The van der Waals surface area contributed by atoms with Gasteiger partial charge in [-0.1, -0.05) is 22.0 Å². The standard InChI is InChI=1S/C12H11BrN2/c13-12-7-10(15-6-5-14-8-15)3-4-11(12)9-1-2-9/h3-9H,1-2H2. The summed E-state index contributed by atoms with van der Waals surface area (Å²) < 4.78 is 3.23. The van der Waals surface area contributed by atoms with Crippen molar-refractivity contribution in [2.75, 3.05) is 0 Å². The maximum Gasteiger partial charge on any atom is 0.0991 e. The zero-order valence-electron chi connectivity index (χ0n) is 8.23. The molecule has 76 valence electrons. The molecule has 2 aromatic rings. The highest BCUT2D eigenvalue weighted by Crippen LogP contribution is 2.43. The Bertz CT molecular complexity index is 472. The molecule has 3 rings (SSSR count). The van der Waals surface area contributed by atoms with Gasteiger partial charge in [-0.2, -0.15) is 0 Å². The Morgan fingerprint density at radius 1 is 1.33 bits per heavy atom. The molecular formula is C12H11BrN2. The highest BCUT2D eigenvalue weighted by atomic mass is 79.9. The Hall–Kier alpha value is -1.09. The highest BCUT2D eigenvalue weighted by molar-refractivity contribution is 9.10. The maximum absolute atomic E-state index is 4.05. The van der Waals surface area contributed by atoms with Crippen molar-refractivity contribution < 1.29 is 0 Å². The molecule has 3 heteroatoms. The summed E-state index contributed by atoms with van der Waals surface area (Å²) >= 11 is 3.64. The summed E-state index contributed by atoms with van der Waals surface area (Å²) in [4.78, 5) is 4.05. The molecule has 0 aliphatic heterocycles. The van der Waals surface area contributed by atoms with Crippen molar-refractivity contribution >= 4 is 15.9 Å². The smallest absolute Gasteiger partial charge is 0.0991 e. The maximum atomic E-state index is 4.05. The van der Waals surface area contributed by atoms with Gasteiger partial charge >= 0.3 is 0 Å². The van der Waals surface area contributed by atoms with E-state index in [0.717, 1.165) is 11.6 Å². The molecule has 0 radical (unpaired) electrons. The molecule has 0 unspecified atom stereocenters. The second-order valence-electron chi connectivity index (χ2n) is 3.95. The Kier molecular flexibility index (Phi) is 2.13. The molecule has 1 aliphatic rings. The first-order valence-electron chi connectivity index (χ1n) is 5.12. The van der Waals surface area contributed by atoms with Crippen LogP contribution < -0.4 is 0 Å². The molecule has 2 nitrogen and oxygen atoms in total. The molecule has 1 fully saturated rings. The van der Waals surface area contributed by atoms with Crippen molar-refractivity contribution in [3.8, 4) is 5.69 Å². The third-order valence-corrected chi connectivity index (χ3v) is 3.49. The number of benzene rings is 1. The highest BCUT2D eigenvalue weighted by Gasteiger charge is 2.25. The van der Waals surface area contributed by atoms with E-state index in [9.17, 15) is 0 Å². The fraction of sp³-hybridized carbons (Fsp3) is 0.250. The van der Waals surface area contributed by atoms with Gasteiger partial charge in [-0.25, -0.2) is 4.98 Å². The monoisotopic (exact) mass is 262 g/mol. The average molecular weight is 263 g/mol. The van der Waals surface area contributed by atoms with Crippen LogP contribution in [0.1, 0.15) is 24.3 Å². The minimum Gasteiger partial charge on any atom is -0.306 e. The summed E-state index contributed by atoms with van der Waals surface area (Å²) in [6.45, 7) is 0. The van der Waals surface area contributed by atoms with Gasteiger partial charge in [-0.15, -0.1) is 0 Å². The SMILES string of the molecule is Brc1cc(-n2ccnc2)ccc1C1CC1. The Morgan fingerprint density at radius 3 is 2.80 bits per heavy atom. The molecule has 15 heavy (non-hydrogen) atoms. The molecule has 0 amide bonds. The van der Waals surface area contributed by atoms with Gasteiger partial charge in [0.2, 0.25) is 0 Å². The van der Waals surface area contributed by atoms with Crippen molar-refractivity contribution in [1.82, 2.24) is 9.55 Å². The van der Waals surface area contributed by atoms with E-state index >= 15 is 0 Å². The lowest BCUT2D eigenvalue weighted by molar-refractivity contribution is 1.04. The molecule has 1 heterocycles. The van der Waals surface area contributed by atoms with E-state index in [1.807, 2.05) is 17.1 Å². The quantitative estimate of drug-likeness (QED) is 0.810. The van der Waals surface area contributed by atoms with Gasteiger partial charge in [0, 0.05) is 22.6 Å². The third kappa shape index (κ3) is 1.72. The summed E-state index contributed by atoms with van der Waals surface area (Å²) in [6.07, 6.45) is 8.24. The van der Waals surface area contributed by atoms with E-state index in [4.69, 9.17) is 0 Å². The van der Waals surface area contributed by atoms with Crippen molar-refractivity contribution in [3.05, 3.63) is 47.0 Å². The van der Waals surface area contributed by atoms with Crippen LogP contribution in [0.15, 0.2) is 41.4 Å². The van der Waals surface area contributed by atoms with Crippen LogP contribution in [-0.2, 0) is 0 Å². The van der Waals surface area contributed by atoms with Crippen molar-refractivity contribution in [1.29, 1.82) is 0 Å². The van der Waals surface area contributed by atoms with Gasteiger partial charge < -0.3 is 4.57 Å². The first-order chi connectivity index (χ1) is 7.34. The van der Waals surface area contributed by atoms with Crippen molar-refractivity contribution in [2.24, 2.45) is 0 Å². The summed E-state index contributed by atoms with van der Waals surface area (Å²) in [6, 6.07) is 6.53. The van der Waals surface area contributed by atoms with E-state index in [-0.39, 0.29) is 0 Å². The van der Waals surface area contributed by atoms with Crippen LogP contribution in [0, 0.1) is 0 Å². The molecular weight excluding hydrogens is 252 g/mol. The van der Waals surface area contributed by atoms with Gasteiger partial charge in [-0.3, -0.25) is 0 Å². The van der Waals surface area contributed by atoms with Gasteiger partial charge in [0.05, 0.1) is 6.33 Å². The number of hydrogen-bond donors (Lipinski definition) is 0. The predicted octanol–water partition coefficient (Wildman–Crippen LogP) is 3.51. The summed E-state index contributed by atoms with van der Waals surface area (Å²) in [7, 11) is 0. The molecule has 1 aliphatic carbocycles. The van der Waals surface area contributed by atoms with Gasteiger partial charge in [0.25, 0.3) is 0 Å². The fourth-order valence-corrected chi connectivity index (χ4v) is 2.50. The first-order valence-corrected chi connectivity index (χ1v) is 5.91. The zero-order chi connectivity index (χ0) is 10.3. The molecule has 0 saturated heterocycles. The Balaban J connectivity index is 2.01. The van der Waals surface area contributed by atoms with Crippen LogP contribution in [0.2, 0.25) is 0 Å². The van der Waals surface area contributed by atoms with E-state index in [1.165, 1.54) is 22.9 Å². The molecule has 1 aromatic heterocycles. The van der Waals surface area contributed by atoms with Gasteiger partial charge in [0.1, 0.15) is 0 Å². The Labute approximate surface area is 97.1 Å². The number of hydrogen-bond acceptors (Lipinski definition) is 1. The zero-order valence-corrected chi connectivity index (χ0v) is 9.81. The molecule has 0 bridgehead atoms. The predicted molar refractivity (Wildman–Crippen MR) is 63.2 cm³/mol. The number of imidazole rings is 1. The number of rotatable bonds is 2. The molecule has 1 saturated carbocycles. The second kappa shape index (κ2) is 3.49. The van der Waals surface area contributed by atoms with Crippen molar-refractivity contribution in [2.45, 2.75) is 18.8 Å². The average Bonchev–Trinajstić information content (AvgIpc) is 2.93. The largest absolute Gasteiger partial charge is 0.306 e. The summed E-state index contributed by atoms with van der Waals surface area (Å²) in [5, 5.41) is 0. The van der Waals surface area contributed by atoms with E-state index in [2.05, 4.69) is 39.1 Å². The van der Waals surface area contributed by atoms with Crippen molar-refractivity contribution in [3.63, 3.8) is 0 Å². The van der Waals surface area contributed by atoms with Crippen LogP contribution in [-0.4, -0.2) is 9.55 Å². The van der Waals surface area contributed by atoms with Crippen LogP contribution in [0.5, 0.6) is 0 Å². The summed E-state index contributed by atoms with van der Waals surface area (Å²) in [5.74, 6) is 0.788. The van der Waals surface area contributed by atoms with Crippen LogP contribution in [0.3, 0.4) is 0 Å². The van der Waals surface area contributed by atoms with E-state index < -0.39 is 0 Å². The molecule has 0 atom stereocenters. The lowest BCUT2D eigenvalue weighted by Gasteiger charge is -2.06. The molecule has 1 aromatic carbocycles.